The van der Waals surface area contributed by atoms with E-state index in [4.69, 9.17) is 10.5 Å². The monoisotopic (exact) mass is 277 g/mol. The molecule has 0 saturated carbocycles. The molecule has 1 aromatic carbocycles. The second-order valence-electron chi connectivity index (χ2n) is 3.97. The molecule has 100 valence electrons. The average molecular weight is 277 g/mol. The molecule has 0 fully saturated rings. The van der Waals surface area contributed by atoms with Crippen LogP contribution < -0.4 is 4.72 Å². The number of benzene rings is 1. The molecular weight excluding hydrogens is 262 g/mol. The molecule has 1 aromatic rings. The lowest BCUT2D eigenvalue weighted by Crippen LogP contribution is -2.25. The Balaban J connectivity index is 2.58. The first-order chi connectivity index (χ1) is 9.11. The molecule has 1 rings (SSSR count). The average Bonchev–Trinajstić information content (AvgIpc) is 2.42. The molecule has 0 aliphatic heterocycles. The molecule has 6 heteroatoms. The SMILES string of the molecule is N#CCCCCCNS(=O)(=O)c1ccccc1C#N. The zero-order valence-electron chi connectivity index (χ0n) is 10.5. The molecule has 1 N–H and O–H groups in total. The number of sulfonamides is 1. The minimum Gasteiger partial charge on any atom is -0.211 e. The Labute approximate surface area is 113 Å². The molecule has 0 aliphatic rings. The highest BCUT2D eigenvalue weighted by Crippen LogP contribution is 2.14. The van der Waals surface area contributed by atoms with Gasteiger partial charge in [0.25, 0.3) is 0 Å². The number of hydrogen-bond donors (Lipinski definition) is 1. The third-order valence-electron chi connectivity index (χ3n) is 2.55. The summed E-state index contributed by atoms with van der Waals surface area (Å²) in [6.07, 6.45) is 2.74. The van der Waals surface area contributed by atoms with Crippen LogP contribution >= 0.6 is 0 Å². The van der Waals surface area contributed by atoms with Crippen molar-refractivity contribution in [2.45, 2.75) is 30.6 Å². The Hall–Kier alpha value is -1.89. The second kappa shape index (κ2) is 7.52. The van der Waals surface area contributed by atoms with Crippen molar-refractivity contribution in [3.63, 3.8) is 0 Å². The van der Waals surface area contributed by atoms with Crippen molar-refractivity contribution in [1.29, 1.82) is 10.5 Å². The molecule has 0 radical (unpaired) electrons. The molecule has 19 heavy (non-hydrogen) atoms. The minimum absolute atomic E-state index is 0.00882. The maximum atomic E-state index is 12.0. The van der Waals surface area contributed by atoms with E-state index in [0.717, 1.165) is 12.8 Å². The normalized spacial score (nSPS) is 10.6. The van der Waals surface area contributed by atoms with Crippen molar-refractivity contribution in [2.75, 3.05) is 6.54 Å². The lowest BCUT2D eigenvalue weighted by molar-refractivity contribution is 0.574. The highest BCUT2D eigenvalue weighted by atomic mass is 32.2. The molecule has 0 saturated heterocycles. The van der Waals surface area contributed by atoms with Gasteiger partial charge in [-0.1, -0.05) is 18.6 Å². The number of hydrogen-bond acceptors (Lipinski definition) is 4. The van der Waals surface area contributed by atoms with Crippen molar-refractivity contribution < 1.29 is 8.42 Å². The van der Waals surface area contributed by atoms with Gasteiger partial charge in [0.15, 0.2) is 0 Å². The Morgan fingerprint density at radius 1 is 1.11 bits per heavy atom. The van der Waals surface area contributed by atoms with Crippen molar-refractivity contribution >= 4 is 10.0 Å². The minimum atomic E-state index is -3.63. The summed E-state index contributed by atoms with van der Waals surface area (Å²) in [6, 6.07) is 10.0. The first-order valence-electron chi connectivity index (χ1n) is 5.97. The maximum absolute atomic E-state index is 12.0. The van der Waals surface area contributed by atoms with Gasteiger partial charge in [-0.2, -0.15) is 10.5 Å². The summed E-state index contributed by atoms with van der Waals surface area (Å²) in [5.74, 6) is 0. The van der Waals surface area contributed by atoms with E-state index in [-0.39, 0.29) is 10.5 Å². The number of rotatable bonds is 7. The van der Waals surface area contributed by atoms with E-state index in [0.29, 0.717) is 19.4 Å². The van der Waals surface area contributed by atoms with Gasteiger partial charge in [0.2, 0.25) is 10.0 Å². The Kier molecular flexibility index (Phi) is 6.01. The van der Waals surface area contributed by atoms with Crippen LogP contribution in [-0.4, -0.2) is 15.0 Å². The number of nitriles is 2. The number of nitrogens with zero attached hydrogens (tertiary/aromatic N) is 2. The van der Waals surface area contributed by atoms with E-state index >= 15 is 0 Å². The molecule has 0 unspecified atom stereocenters. The van der Waals surface area contributed by atoms with Gasteiger partial charge in [0.1, 0.15) is 6.07 Å². The fourth-order valence-corrected chi connectivity index (χ4v) is 2.81. The first kappa shape index (κ1) is 15.2. The molecular formula is C13H15N3O2S. The predicted molar refractivity (Wildman–Crippen MR) is 70.4 cm³/mol. The van der Waals surface area contributed by atoms with E-state index in [2.05, 4.69) is 4.72 Å². The summed E-state index contributed by atoms with van der Waals surface area (Å²) in [5, 5.41) is 17.2. The third-order valence-corrected chi connectivity index (χ3v) is 4.07. The predicted octanol–water partition coefficient (Wildman–Crippen LogP) is 1.92. The maximum Gasteiger partial charge on any atom is 0.241 e. The Morgan fingerprint density at radius 3 is 2.53 bits per heavy atom. The van der Waals surface area contributed by atoms with E-state index in [1.807, 2.05) is 12.1 Å². The van der Waals surface area contributed by atoms with Crippen LogP contribution in [0, 0.1) is 22.7 Å². The van der Waals surface area contributed by atoms with Crippen molar-refractivity contribution in [3.8, 4) is 12.1 Å². The van der Waals surface area contributed by atoms with Crippen LogP contribution in [-0.2, 0) is 10.0 Å². The van der Waals surface area contributed by atoms with Crippen LogP contribution in [0.2, 0.25) is 0 Å². The molecule has 0 bridgehead atoms. The van der Waals surface area contributed by atoms with Crippen molar-refractivity contribution in [1.82, 2.24) is 4.72 Å². The van der Waals surface area contributed by atoms with Gasteiger partial charge in [-0.25, -0.2) is 13.1 Å². The molecule has 0 spiro atoms. The third kappa shape index (κ3) is 4.70. The fraction of sp³-hybridized carbons (Fsp3) is 0.385. The lowest BCUT2D eigenvalue weighted by atomic mass is 10.2. The van der Waals surface area contributed by atoms with E-state index in [1.165, 1.54) is 12.1 Å². The van der Waals surface area contributed by atoms with Gasteiger partial charge in [-0.05, 0) is 25.0 Å². The highest BCUT2D eigenvalue weighted by molar-refractivity contribution is 7.89. The zero-order valence-corrected chi connectivity index (χ0v) is 11.3. The number of nitrogens with one attached hydrogen (secondary N) is 1. The molecule has 0 amide bonds. The first-order valence-corrected chi connectivity index (χ1v) is 7.46. The summed E-state index contributed by atoms with van der Waals surface area (Å²) in [6.45, 7) is 0.313. The van der Waals surface area contributed by atoms with Gasteiger partial charge < -0.3 is 0 Å². The summed E-state index contributed by atoms with van der Waals surface area (Å²) >= 11 is 0. The number of unbranched alkanes of at least 4 members (excludes halogenated alkanes) is 3. The van der Waals surface area contributed by atoms with E-state index in [1.54, 1.807) is 12.1 Å². The summed E-state index contributed by atoms with van der Waals surface area (Å²) in [7, 11) is -3.63. The quantitative estimate of drug-likeness (QED) is 0.770. The Bertz CT molecular complexity index is 597. The zero-order chi connectivity index (χ0) is 14.1. The van der Waals surface area contributed by atoms with Crippen LogP contribution in [0.3, 0.4) is 0 Å². The van der Waals surface area contributed by atoms with Crippen molar-refractivity contribution in [2.24, 2.45) is 0 Å². The summed E-state index contributed by atoms with van der Waals surface area (Å²) in [4.78, 5) is 0.00882. The van der Waals surface area contributed by atoms with Crippen LogP contribution in [0.4, 0.5) is 0 Å². The van der Waals surface area contributed by atoms with Crippen LogP contribution in [0.25, 0.3) is 0 Å². The fourth-order valence-electron chi connectivity index (χ4n) is 1.58. The molecule has 0 aliphatic carbocycles. The Morgan fingerprint density at radius 2 is 1.84 bits per heavy atom. The van der Waals surface area contributed by atoms with Crippen LogP contribution in [0.5, 0.6) is 0 Å². The summed E-state index contributed by atoms with van der Waals surface area (Å²) in [5.41, 5.74) is 0.138. The molecule has 5 nitrogen and oxygen atoms in total. The largest absolute Gasteiger partial charge is 0.241 e. The van der Waals surface area contributed by atoms with Gasteiger partial charge in [-0.15, -0.1) is 0 Å². The lowest BCUT2D eigenvalue weighted by Gasteiger charge is -2.07. The molecule has 0 atom stereocenters. The van der Waals surface area contributed by atoms with Crippen LogP contribution in [0.1, 0.15) is 31.2 Å². The van der Waals surface area contributed by atoms with Gasteiger partial charge in [-0.3, -0.25) is 0 Å². The topological polar surface area (TPSA) is 93.8 Å². The van der Waals surface area contributed by atoms with Crippen molar-refractivity contribution in [3.05, 3.63) is 29.8 Å². The smallest absolute Gasteiger partial charge is 0.211 e. The second-order valence-corrected chi connectivity index (χ2v) is 5.71. The molecule has 0 aromatic heterocycles. The van der Waals surface area contributed by atoms with E-state index in [9.17, 15) is 8.42 Å². The van der Waals surface area contributed by atoms with Crippen LogP contribution in [0.15, 0.2) is 29.2 Å². The van der Waals surface area contributed by atoms with E-state index < -0.39 is 10.0 Å². The van der Waals surface area contributed by atoms with Gasteiger partial charge in [0.05, 0.1) is 16.5 Å². The van der Waals surface area contributed by atoms with Gasteiger partial charge >= 0.3 is 0 Å². The highest BCUT2D eigenvalue weighted by Gasteiger charge is 2.16. The standard InChI is InChI=1S/C13H15N3O2S/c14-9-5-1-2-6-10-16-19(17,18)13-8-4-3-7-12(13)11-15/h3-4,7-8,16H,1-2,5-6,10H2. The molecule has 0 heterocycles. The summed E-state index contributed by atoms with van der Waals surface area (Å²) < 4.78 is 26.4. The van der Waals surface area contributed by atoms with Gasteiger partial charge in [0, 0.05) is 13.0 Å².